The Morgan fingerprint density at radius 2 is 2.21 bits per heavy atom. The van der Waals surface area contributed by atoms with Crippen LogP contribution in [-0.2, 0) is 34.5 Å². The first-order chi connectivity index (χ1) is 11.5. The third-order valence-electron chi connectivity index (χ3n) is 4.37. The molecule has 9 heteroatoms. The molecule has 3 heterocycles. The highest BCUT2D eigenvalue weighted by Crippen LogP contribution is 2.32. The highest BCUT2D eigenvalue weighted by molar-refractivity contribution is 7.90. The number of aryl methyl sites for hydroxylation is 1. The van der Waals surface area contributed by atoms with Gasteiger partial charge in [-0.1, -0.05) is 0 Å². The molecule has 2 aromatic rings. The molecule has 0 radical (unpaired) electrons. The van der Waals surface area contributed by atoms with Gasteiger partial charge >= 0.3 is 0 Å². The summed E-state index contributed by atoms with van der Waals surface area (Å²) in [6, 6.07) is 1.88. The van der Waals surface area contributed by atoms with E-state index < -0.39 is 10.0 Å². The summed E-state index contributed by atoms with van der Waals surface area (Å²) in [7, 11) is -3.25. The molecule has 7 nitrogen and oxygen atoms in total. The van der Waals surface area contributed by atoms with Gasteiger partial charge in [-0.2, -0.15) is 9.40 Å². The summed E-state index contributed by atoms with van der Waals surface area (Å²) in [5, 5.41) is 7.07. The molecule has 4 rings (SSSR count). The third kappa shape index (κ3) is 3.26. The van der Waals surface area contributed by atoms with Gasteiger partial charge in [0.25, 0.3) is 0 Å². The Bertz CT molecular complexity index is 825. The summed E-state index contributed by atoms with van der Waals surface area (Å²) in [5.41, 5.74) is 1.80. The van der Waals surface area contributed by atoms with E-state index in [9.17, 15) is 8.42 Å². The molecule has 1 atom stereocenters. The van der Waals surface area contributed by atoms with Crippen LogP contribution in [0.5, 0.6) is 0 Å². The summed E-state index contributed by atoms with van der Waals surface area (Å²) in [4.78, 5) is 4.40. The van der Waals surface area contributed by atoms with E-state index in [0.29, 0.717) is 26.2 Å². The molecule has 0 spiro atoms. The van der Waals surface area contributed by atoms with Crippen LogP contribution in [0.4, 0.5) is 0 Å². The number of fused-ring (bicyclic) bond motifs is 1. The minimum Gasteiger partial charge on any atom is -0.369 e. The number of aromatic nitrogens is 3. The average molecular weight is 368 g/mol. The van der Waals surface area contributed by atoms with Crippen LogP contribution >= 0.6 is 11.3 Å². The number of thiazole rings is 1. The van der Waals surface area contributed by atoms with Gasteiger partial charge in [-0.3, -0.25) is 4.68 Å². The molecule has 1 aliphatic carbocycles. The van der Waals surface area contributed by atoms with Crippen LogP contribution in [0, 0.1) is 6.92 Å². The summed E-state index contributed by atoms with van der Waals surface area (Å²) in [5.74, 6) is 0. The van der Waals surface area contributed by atoms with Crippen molar-refractivity contribution in [3.05, 3.63) is 34.0 Å². The average Bonchev–Trinajstić information content (AvgIpc) is 3.25. The maximum absolute atomic E-state index is 12.7. The van der Waals surface area contributed by atoms with Gasteiger partial charge in [-0.05, 0) is 25.8 Å². The smallest absolute Gasteiger partial charge is 0.217 e. The summed E-state index contributed by atoms with van der Waals surface area (Å²) in [6.45, 7) is 3.64. The molecular formula is C15H20N4O3S2. The maximum Gasteiger partial charge on any atom is 0.217 e. The molecule has 0 amide bonds. The molecule has 1 saturated carbocycles. The minimum atomic E-state index is -3.25. The van der Waals surface area contributed by atoms with E-state index in [0.717, 1.165) is 29.2 Å². The lowest BCUT2D eigenvalue weighted by Crippen LogP contribution is -2.39. The first-order valence-electron chi connectivity index (χ1n) is 8.04. The molecule has 0 saturated heterocycles. The Hall–Kier alpha value is -1.29. The molecule has 0 bridgehead atoms. The zero-order valence-electron chi connectivity index (χ0n) is 13.5. The second-order valence-corrected chi connectivity index (χ2v) is 9.61. The van der Waals surface area contributed by atoms with Crippen LogP contribution in [0.1, 0.15) is 29.2 Å². The molecule has 1 fully saturated rings. The van der Waals surface area contributed by atoms with E-state index in [2.05, 4.69) is 10.1 Å². The Morgan fingerprint density at radius 1 is 1.38 bits per heavy atom. The Labute approximate surface area is 145 Å². The molecular weight excluding hydrogens is 348 g/mol. The van der Waals surface area contributed by atoms with Crippen LogP contribution in [0.25, 0.3) is 0 Å². The van der Waals surface area contributed by atoms with Gasteiger partial charge in [0.05, 0.1) is 47.4 Å². The normalized spacial score (nSPS) is 22.3. The van der Waals surface area contributed by atoms with Crippen molar-refractivity contribution in [1.29, 1.82) is 0 Å². The van der Waals surface area contributed by atoms with Gasteiger partial charge in [0.15, 0.2) is 0 Å². The van der Waals surface area contributed by atoms with E-state index >= 15 is 0 Å². The fourth-order valence-corrected chi connectivity index (χ4v) is 5.37. The van der Waals surface area contributed by atoms with E-state index in [4.69, 9.17) is 4.74 Å². The van der Waals surface area contributed by atoms with Crippen molar-refractivity contribution >= 4 is 21.4 Å². The predicted molar refractivity (Wildman–Crippen MR) is 90.0 cm³/mol. The lowest BCUT2D eigenvalue weighted by molar-refractivity contribution is 0.0190. The fraction of sp³-hybridized carbons (Fsp3) is 0.600. The Kier molecular flexibility index (Phi) is 4.19. The molecule has 0 aromatic carbocycles. The SMILES string of the molecule is Cc1nc(CO[C@@H]2CN(S(=O)(=O)C3CC3)Cc3ccnn3C2)cs1. The van der Waals surface area contributed by atoms with Crippen LogP contribution in [-0.4, -0.2) is 45.4 Å². The van der Waals surface area contributed by atoms with Crippen molar-refractivity contribution in [2.45, 2.75) is 50.8 Å². The predicted octanol–water partition coefficient (Wildman–Crippen LogP) is 1.54. The number of sulfonamides is 1. The van der Waals surface area contributed by atoms with Crippen molar-refractivity contribution in [2.24, 2.45) is 0 Å². The van der Waals surface area contributed by atoms with E-state index in [1.165, 1.54) is 0 Å². The van der Waals surface area contributed by atoms with Gasteiger partial charge in [0.2, 0.25) is 10.0 Å². The van der Waals surface area contributed by atoms with Crippen LogP contribution in [0.3, 0.4) is 0 Å². The van der Waals surface area contributed by atoms with Gasteiger partial charge in [-0.25, -0.2) is 13.4 Å². The third-order valence-corrected chi connectivity index (χ3v) is 7.50. The molecule has 0 N–H and O–H groups in total. The lowest BCUT2D eigenvalue weighted by atomic mass is 10.3. The first kappa shape index (κ1) is 16.2. The largest absolute Gasteiger partial charge is 0.369 e. The zero-order chi connectivity index (χ0) is 16.7. The molecule has 2 aliphatic rings. The van der Waals surface area contributed by atoms with Crippen LogP contribution in [0.2, 0.25) is 0 Å². The van der Waals surface area contributed by atoms with Crippen molar-refractivity contribution in [3.8, 4) is 0 Å². The minimum absolute atomic E-state index is 0.214. The quantitative estimate of drug-likeness (QED) is 0.800. The number of ether oxygens (including phenoxy) is 1. The number of hydrogen-bond acceptors (Lipinski definition) is 6. The van der Waals surface area contributed by atoms with Gasteiger partial charge in [0.1, 0.15) is 0 Å². The van der Waals surface area contributed by atoms with E-state index in [1.807, 2.05) is 23.1 Å². The van der Waals surface area contributed by atoms with E-state index in [1.54, 1.807) is 21.8 Å². The van der Waals surface area contributed by atoms with Gasteiger partial charge in [-0.15, -0.1) is 11.3 Å². The van der Waals surface area contributed by atoms with Crippen molar-refractivity contribution in [2.75, 3.05) is 6.54 Å². The second kappa shape index (κ2) is 6.21. The number of nitrogens with zero attached hydrogens (tertiary/aromatic N) is 4. The molecule has 2 aromatic heterocycles. The standard InChI is InChI=1S/C15H20N4O3S2/c1-11-17-12(10-23-11)9-22-14-7-18(24(20,21)15-2-3-15)6-13-4-5-16-19(13)8-14/h4-5,10,14-15H,2-3,6-9H2,1H3/t14-/m1/s1. The molecule has 130 valence electrons. The molecule has 0 unspecified atom stereocenters. The zero-order valence-corrected chi connectivity index (χ0v) is 15.1. The van der Waals surface area contributed by atoms with E-state index in [-0.39, 0.29) is 11.4 Å². The van der Waals surface area contributed by atoms with Crippen molar-refractivity contribution < 1.29 is 13.2 Å². The molecule has 1 aliphatic heterocycles. The maximum atomic E-state index is 12.7. The fourth-order valence-electron chi connectivity index (χ4n) is 2.94. The van der Waals surface area contributed by atoms with Crippen LogP contribution in [0.15, 0.2) is 17.6 Å². The first-order valence-corrected chi connectivity index (χ1v) is 10.4. The van der Waals surface area contributed by atoms with Gasteiger partial charge < -0.3 is 4.74 Å². The highest BCUT2D eigenvalue weighted by atomic mass is 32.2. The van der Waals surface area contributed by atoms with Gasteiger partial charge in [0, 0.05) is 18.1 Å². The monoisotopic (exact) mass is 368 g/mol. The summed E-state index contributed by atoms with van der Waals surface area (Å²) < 4.78 is 34.8. The molecule has 24 heavy (non-hydrogen) atoms. The Balaban J connectivity index is 1.53. The summed E-state index contributed by atoms with van der Waals surface area (Å²) >= 11 is 1.59. The van der Waals surface area contributed by atoms with Crippen LogP contribution < -0.4 is 0 Å². The Morgan fingerprint density at radius 3 is 2.92 bits per heavy atom. The number of rotatable bonds is 5. The second-order valence-electron chi connectivity index (χ2n) is 6.33. The highest BCUT2D eigenvalue weighted by Gasteiger charge is 2.42. The lowest BCUT2D eigenvalue weighted by Gasteiger charge is -2.23. The number of hydrogen-bond donors (Lipinski definition) is 0. The topological polar surface area (TPSA) is 77.3 Å². The van der Waals surface area contributed by atoms with Crippen molar-refractivity contribution in [3.63, 3.8) is 0 Å². The summed E-state index contributed by atoms with van der Waals surface area (Å²) in [6.07, 6.45) is 3.01. The van der Waals surface area contributed by atoms with Crippen molar-refractivity contribution in [1.82, 2.24) is 19.1 Å².